The van der Waals surface area contributed by atoms with E-state index in [0.29, 0.717) is 35.3 Å². The van der Waals surface area contributed by atoms with Crippen molar-refractivity contribution in [1.29, 1.82) is 0 Å². The summed E-state index contributed by atoms with van der Waals surface area (Å²) in [5.41, 5.74) is 0.384. The van der Waals surface area contributed by atoms with Gasteiger partial charge in [0.25, 0.3) is 5.56 Å². The number of hydrogen-bond acceptors (Lipinski definition) is 5. The SMILES string of the molecule is CCOC(=O)Cn1c(=O)n(CCCC(=O)NCCc2ccc(Cl)cc2)c(=O)c2ccccc21. The molecule has 0 aliphatic rings. The highest BCUT2D eigenvalue weighted by atomic mass is 35.5. The highest BCUT2D eigenvalue weighted by molar-refractivity contribution is 6.30. The highest BCUT2D eigenvalue weighted by Crippen LogP contribution is 2.10. The Balaban J connectivity index is 1.65. The average Bonchev–Trinajstić information content (AvgIpc) is 2.80. The minimum Gasteiger partial charge on any atom is -0.465 e. The average molecular weight is 472 g/mol. The van der Waals surface area contributed by atoms with Gasteiger partial charge >= 0.3 is 11.7 Å². The summed E-state index contributed by atoms with van der Waals surface area (Å²) in [6.45, 7) is 2.12. The number of amides is 1. The lowest BCUT2D eigenvalue weighted by molar-refractivity contribution is -0.143. The Bertz CT molecular complexity index is 1250. The third-order valence-corrected chi connectivity index (χ3v) is 5.41. The molecule has 3 rings (SSSR count). The van der Waals surface area contributed by atoms with E-state index in [1.54, 1.807) is 43.3 Å². The maximum Gasteiger partial charge on any atom is 0.332 e. The van der Waals surface area contributed by atoms with E-state index < -0.39 is 17.2 Å². The first-order valence-electron chi connectivity index (χ1n) is 10.8. The second kappa shape index (κ2) is 11.5. The molecule has 0 spiro atoms. The second-order valence-corrected chi connectivity index (χ2v) is 7.91. The lowest BCUT2D eigenvalue weighted by Crippen LogP contribution is -2.41. The first kappa shape index (κ1) is 24.3. The molecular weight excluding hydrogens is 446 g/mol. The van der Waals surface area contributed by atoms with Gasteiger partial charge in [-0.25, -0.2) is 4.79 Å². The summed E-state index contributed by atoms with van der Waals surface area (Å²) in [4.78, 5) is 50.0. The van der Waals surface area contributed by atoms with E-state index in [1.165, 1.54) is 4.57 Å². The van der Waals surface area contributed by atoms with Crippen molar-refractivity contribution in [3.63, 3.8) is 0 Å². The summed E-state index contributed by atoms with van der Waals surface area (Å²) >= 11 is 5.87. The van der Waals surface area contributed by atoms with E-state index in [2.05, 4.69) is 5.32 Å². The van der Waals surface area contributed by atoms with Gasteiger partial charge in [0, 0.05) is 24.5 Å². The minimum absolute atomic E-state index is 0.0654. The number of ether oxygens (including phenoxy) is 1. The number of aromatic nitrogens is 2. The van der Waals surface area contributed by atoms with Crippen molar-refractivity contribution in [3.8, 4) is 0 Å². The molecule has 0 saturated heterocycles. The molecule has 8 nitrogen and oxygen atoms in total. The Morgan fingerprint density at radius 2 is 1.76 bits per heavy atom. The van der Waals surface area contributed by atoms with Gasteiger partial charge in [0.2, 0.25) is 5.91 Å². The van der Waals surface area contributed by atoms with E-state index in [0.717, 1.165) is 10.1 Å². The topological polar surface area (TPSA) is 99.4 Å². The van der Waals surface area contributed by atoms with Gasteiger partial charge in [-0.05, 0) is 49.6 Å². The van der Waals surface area contributed by atoms with Crippen LogP contribution in [-0.4, -0.2) is 34.2 Å². The number of fused-ring (bicyclic) bond motifs is 1. The van der Waals surface area contributed by atoms with Crippen LogP contribution in [0.25, 0.3) is 10.9 Å². The lowest BCUT2D eigenvalue weighted by atomic mass is 10.1. The predicted octanol–water partition coefficient (Wildman–Crippen LogP) is 2.52. The smallest absolute Gasteiger partial charge is 0.332 e. The van der Waals surface area contributed by atoms with Crippen LogP contribution in [0.15, 0.2) is 58.1 Å². The molecule has 1 amide bonds. The van der Waals surface area contributed by atoms with Crippen molar-refractivity contribution in [3.05, 3.63) is 80.0 Å². The van der Waals surface area contributed by atoms with Gasteiger partial charge in [0.1, 0.15) is 6.54 Å². The van der Waals surface area contributed by atoms with Crippen molar-refractivity contribution < 1.29 is 14.3 Å². The lowest BCUT2D eigenvalue weighted by Gasteiger charge is -2.13. The molecule has 3 aromatic rings. The second-order valence-electron chi connectivity index (χ2n) is 7.48. The Labute approximate surface area is 195 Å². The molecule has 0 unspecified atom stereocenters. The van der Waals surface area contributed by atoms with E-state index in [9.17, 15) is 19.2 Å². The summed E-state index contributed by atoms with van der Waals surface area (Å²) in [5.74, 6) is -0.723. The van der Waals surface area contributed by atoms with Gasteiger partial charge < -0.3 is 10.1 Å². The summed E-state index contributed by atoms with van der Waals surface area (Å²) in [7, 11) is 0. The van der Waals surface area contributed by atoms with Gasteiger partial charge in [-0.3, -0.25) is 23.5 Å². The Kier molecular flexibility index (Phi) is 8.43. The molecule has 33 heavy (non-hydrogen) atoms. The largest absolute Gasteiger partial charge is 0.465 e. The molecule has 1 heterocycles. The van der Waals surface area contributed by atoms with Crippen molar-refractivity contribution in [2.45, 2.75) is 39.3 Å². The summed E-state index contributed by atoms with van der Waals surface area (Å²) < 4.78 is 7.27. The fourth-order valence-electron chi connectivity index (χ4n) is 3.54. The molecule has 0 bridgehead atoms. The Morgan fingerprint density at radius 1 is 1.03 bits per heavy atom. The molecule has 0 aliphatic carbocycles. The zero-order chi connectivity index (χ0) is 23.8. The number of para-hydroxylation sites is 1. The van der Waals surface area contributed by atoms with Gasteiger partial charge in [0.15, 0.2) is 0 Å². The first-order chi connectivity index (χ1) is 15.9. The number of carbonyl (C=O) groups excluding carboxylic acids is 2. The molecule has 0 fully saturated rings. The maximum absolute atomic E-state index is 13.0. The maximum atomic E-state index is 13.0. The van der Waals surface area contributed by atoms with Gasteiger partial charge in [0.05, 0.1) is 17.5 Å². The standard InChI is InChI=1S/C24H26ClN3O5/c1-2-33-22(30)16-28-20-7-4-3-6-19(20)23(31)27(24(28)32)15-5-8-21(29)26-14-13-17-9-11-18(25)12-10-17/h3-4,6-7,9-12H,2,5,8,13-16H2,1H3,(H,26,29). The first-order valence-corrected chi connectivity index (χ1v) is 11.2. The molecule has 0 aliphatic heterocycles. The molecule has 174 valence electrons. The number of rotatable bonds is 10. The van der Waals surface area contributed by atoms with E-state index in [1.807, 2.05) is 12.1 Å². The van der Waals surface area contributed by atoms with Gasteiger partial charge in [-0.1, -0.05) is 35.9 Å². The summed E-state index contributed by atoms with van der Waals surface area (Å²) in [5, 5.41) is 3.83. The van der Waals surface area contributed by atoms with Crippen LogP contribution >= 0.6 is 11.6 Å². The van der Waals surface area contributed by atoms with Crippen LogP contribution in [-0.2, 0) is 33.8 Å². The summed E-state index contributed by atoms with van der Waals surface area (Å²) in [6.07, 6.45) is 1.14. The normalized spacial score (nSPS) is 10.8. The molecule has 1 N–H and O–H groups in total. The number of hydrogen-bond donors (Lipinski definition) is 1. The number of benzene rings is 2. The van der Waals surface area contributed by atoms with Crippen LogP contribution in [0, 0.1) is 0 Å². The van der Waals surface area contributed by atoms with Crippen molar-refractivity contribution in [2.24, 2.45) is 0 Å². The van der Waals surface area contributed by atoms with Gasteiger partial charge in [-0.2, -0.15) is 0 Å². The Morgan fingerprint density at radius 3 is 2.48 bits per heavy atom. The monoisotopic (exact) mass is 471 g/mol. The van der Waals surface area contributed by atoms with Crippen LogP contribution in [0.3, 0.4) is 0 Å². The zero-order valence-corrected chi connectivity index (χ0v) is 19.1. The quantitative estimate of drug-likeness (QED) is 0.458. The van der Waals surface area contributed by atoms with Crippen LogP contribution in [0.5, 0.6) is 0 Å². The molecule has 0 atom stereocenters. The summed E-state index contributed by atoms with van der Waals surface area (Å²) in [6, 6.07) is 14.0. The van der Waals surface area contributed by atoms with Crippen LogP contribution in [0.2, 0.25) is 5.02 Å². The molecule has 0 radical (unpaired) electrons. The number of nitrogens with zero attached hydrogens (tertiary/aromatic N) is 2. The minimum atomic E-state index is -0.602. The van der Waals surface area contributed by atoms with E-state index in [-0.39, 0.29) is 32.0 Å². The Hall–Kier alpha value is -3.39. The fraction of sp³-hybridized carbons (Fsp3) is 0.333. The third-order valence-electron chi connectivity index (χ3n) is 5.16. The molecule has 2 aromatic carbocycles. The molecule has 0 saturated carbocycles. The van der Waals surface area contributed by atoms with Crippen LogP contribution in [0.1, 0.15) is 25.3 Å². The molecular formula is C24H26ClN3O5. The number of nitrogens with one attached hydrogen (secondary N) is 1. The fourth-order valence-corrected chi connectivity index (χ4v) is 3.67. The van der Waals surface area contributed by atoms with Crippen LogP contribution in [0.4, 0.5) is 0 Å². The predicted molar refractivity (Wildman–Crippen MR) is 127 cm³/mol. The number of halogens is 1. The molecule has 1 aromatic heterocycles. The number of carbonyl (C=O) groups is 2. The van der Waals surface area contributed by atoms with Crippen molar-refractivity contribution >= 4 is 34.4 Å². The molecule has 9 heteroatoms. The highest BCUT2D eigenvalue weighted by Gasteiger charge is 2.16. The zero-order valence-electron chi connectivity index (χ0n) is 18.4. The van der Waals surface area contributed by atoms with E-state index >= 15 is 0 Å². The van der Waals surface area contributed by atoms with Crippen LogP contribution < -0.4 is 16.6 Å². The van der Waals surface area contributed by atoms with Gasteiger partial charge in [-0.15, -0.1) is 0 Å². The van der Waals surface area contributed by atoms with Crippen molar-refractivity contribution in [2.75, 3.05) is 13.2 Å². The van der Waals surface area contributed by atoms with E-state index in [4.69, 9.17) is 16.3 Å². The number of esters is 1. The van der Waals surface area contributed by atoms with Crippen molar-refractivity contribution in [1.82, 2.24) is 14.5 Å². The third kappa shape index (κ3) is 6.32.